The molecule has 0 amide bonds. The summed E-state index contributed by atoms with van der Waals surface area (Å²) in [5.74, 6) is 1.89. The fourth-order valence-electron chi connectivity index (χ4n) is 3.38. The molecule has 1 heterocycles. The van der Waals surface area contributed by atoms with Crippen LogP contribution in [0.3, 0.4) is 0 Å². The number of hydrogen-bond acceptors (Lipinski definition) is 1. The van der Waals surface area contributed by atoms with Crippen LogP contribution in [-0.2, 0) is 19.9 Å². The Bertz CT molecular complexity index is 449. The van der Waals surface area contributed by atoms with Crippen LogP contribution in [0.2, 0.25) is 0 Å². The van der Waals surface area contributed by atoms with Crippen molar-refractivity contribution in [3.8, 4) is 0 Å². The summed E-state index contributed by atoms with van der Waals surface area (Å²) in [5, 5.41) is 4.59. The summed E-state index contributed by atoms with van der Waals surface area (Å²) in [6.07, 6.45) is 6.99. The van der Waals surface area contributed by atoms with Crippen molar-refractivity contribution in [2.24, 2.45) is 18.4 Å². The third kappa shape index (κ3) is 3.05. The number of nitrogens with zero attached hydrogens (tertiary/aromatic N) is 2. The van der Waals surface area contributed by atoms with Gasteiger partial charge in [0.2, 0.25) is 0 Å². The summed E-state index contributed by atoms with van der Waals surface area (Å²) in [6.45, 7) is 2.13. The molecule has 1 saturated carbocycles. The van der Waals surface area contributed by atoms with E-state index in [1.165, 1.54) is 31.4 Å². The number of alkyl halides is 2. The van der Waals surface area contributed by atoms with Crippen molar-refractivity contribution in [2.75, 3.05) is 11.8 Å². The molecule has 20 heavy (non-hydrogen) atoms. The third-order valence-electron chi connectivity index (χ3n) is 4.78. The van der Waals surface area contributed by atoms with Gasteiger partial charge in [0, 0.05) is 24.2 Å². The number of hydrogen-bond donors (Lipinski definition) is 0. The van der Waals surface area contributed by atoms with Gasteiger partial charge in [0.1, 0.15) is 0 Å². The van der Waals surface area contributed by atoms with Crippen LogP contribution in [0.25, 0.3) is 0 Å². The number of rotatable bonds is 6. The van der Waals surface area contributed by atoms with Crippen LogP contribution in [-0.4, -0.2) is 21.5 Å². The monoisotopic (exact) mass is 380 g/mol. The average molecular weight is 382 g/mol. The lowest BCUT2D eigenvalue weighted by atomic mass is 9.74. The van der Waals surface area contributed by atoms with Crippen molar-refractivity contribution in [3.05, 3.63) is 15.9 Å². The minimum absolute atomic E-state index is 0.000928. The van der Waals surface area contributed by atoms with Crippen LogP contribution in [0.4, 0.5) is 0 Å². The van der Waals surface area contributed by atoms with E-state index in [4.69, 9.17) is 23.2 Å². The molecule has 0 bridgehead atoms. The molecule has 5 heteroatoms. The van der Waals surface area contributed by atoms with Crippen molar-refractivity contribution >= 4 is 39.1 Å². The molecule has 1 aliphatic carbocycles. The quantitative estimate of drug-likeness (QED) is 0.638. The van der Waals surface area contributed by atoms with Gasteiger partial charge in [-0.05, 0) is 47.5 Å². The van der Waals surface area contributed by atoms with Gasteiger partial charge in [-0.1, -0.05) is 19.8 Å². The number of aryl methyl sites for hydroxylation is 2. The first-order valence-electron chi connectivity index (χ1n) is 7.40. The molecule has 0 atom stereocenters. The summed E-state index contributed by atoms with van der Waals surface area (Å²) < 4.78 is 3.13. The smallest absolute Gasteiger partial charge is 0.0766 e. The van der Waals surface area contributed by atoms with Crippen LogP contribution in [0.5, 0.6) is 0 Å². The van der Waals surface area contributed by atoms with Gasteiger partial charge in [-0.3, -0.25) is 4.68 Å². The maximum atomic E-state index is 6.37. The van der Waals surface area contributed by atoms with Crippen molar-refractivity contribution in [2.45, 2.75) is 45.4 Å². The van der Waals surface area contributed by atoms with Gasteiger partial charge >= 0.3 is 0 Å². The number of aromatic nitrogens is 2. The summed E-state index contributed by atoms with van der Waals surface area (Å²) >= 11 is 16.5. The Kier molecular flexibility index (Phi) is 5.84. The van der Waals surface area contributed by atoms with E-state index in [0.717, 1.165) is 23.0 Å². The van der Waals surface area contributed by atoms with Gasteiger partial charge in [-0.2, -0.15) is 5.10 Å². The second kappa shape index (κ2) is 7.02. The van der Waals surface area contributed by atoms with Gasteiger partial charge < -0.3 is 0 Å². The summed E-state index contributed by atoms with van der Waals surface area (Å²) in [5.41, 5.74) is 2.35. The van der Waals surface area contributed by atoms with Crippen LogP contribution in [0.1, 0.15) is 44.0 Å². The first kappa shape index (κ1) is 16.6. The Morgan fingerprint density at radius 3 is 2.35 bits per heavy atom. The van der Waals surface area contributed by atoms with Gasteiger partial charge in [0.15, 0.2) is 0 Å². The normalized spacial score (nSPS) is 17.1. The van der Waals surface area contributed by atoms with Gasteiger partial charge in [-0.15, -0.1) is 23.2 Å². The molecule has 1 aliphatic rings. The van der Waals surface area contributed by atoms with Crippen LogP contribution in [0, 0.1) is 11.3 Å². The zero-order chi connectivity index (χ0) is 14.8. The molecule has 114 valence electrons. The van der Waals surface area contributed by atoms with Gasteiger partial charge in [0.25, 0.3) is 0 Å². The summed E-state index contributed by atoms with van der Waals surface area (Å²) in [6, 6.07) is 0. The largest absolute Gasteiger partial charge is 0.271 e. The predicted molar refractivity (Wildman–Crippen MR) is 89.8 cm³/mol. The zero-order valence-electron chi connectivity index (χ0n) is 12.3. The number of halogens is 3. The van der Waals surface area contributed by atoms with E-state index in [2.05, 4.69) is 28.0 Å². The third-order valence-corrected chi connectivity index (χ3v) is 6.76. The van der Waals surface area contributed by atoms with E-state index >= 15 is 0 Å². The Labute approximate surface area is 140 Å². The van der Waals surface area contributed by atoms with Crippen LogP contribution < -0.4 is 0 Å². The lowest BCUT2D eigenvalue weighted by molar-refractivity contribution is 0.220. The lowest BCUT2D eigenvalue weighted by Gasteiger charge is -2.36. The lowest BCUT2D eigenvalue weighted by Crippen LogP contribution is -2.36. The van der Waals surface area contributed by atoms with E-state index in [0.29, 0.717) is 17.7 Å². The molecule has 2 rings (SSSR count). The van der Waals surface area contributed by atoms with Crippen molar-refractivity contribution in [1.82, 2.24) is 9.78 Å². The molecule has 0 saturated heterocycles. The molecule has 0 spiro atoms. The van der Waals surface area contributed by atoms with E-state index in [9.17, 15) is 0 Å². The highest BCUT2D eigenvalue weighted by molar-refractivity contribution is 9.10. The zero-order valence-corrected chi connectivity index (χ0v) is 15.4. The topological polar surface area (TPSA) is 17.8 Å². The average Bonchev–Trinajstić information content (AvgIpc) is 3.08. The molecule has 0 aliphatic heterocycles. The Balaban J connectivity index is 2.30. The van der Waals surface area contributed by atoms with E-state index in [-0.39, 0.29) is 5.41 Å². The molecule has 1 fully saturated rings. The molecule has 0 aromatic carbocycles. The SMILES string of the molecule is CCc1nn(C)c(CC(CCl)(CCl)C2CCCC2)c1Br. The second-order valence-corrected chi connectivity index (χ2v) is 7.30. The highest BCUT2D eigenvalue weighted by Gasteiger charge is 2.40. The molecule has 0 N–H and O–H groups in total. The molecule has 2 nitrogen and oxygen atoms in total. The first-order valence-corrected chi connectivity index (χ1v) is 9.26. The molecular formula is C15H23BrCl2N2. The van der Waals surface area contributed by atoms with Crippen molar-refractivity contribution in [1.29, 1.82) is 0 Å². The maximum Gasteiger partial charge on any atom is 0.0766 e. The van der Waals surface area contributed by atoms with Crippen molar-refractivity contribution < 1.29 is 0 Å². The summed E-state index contributed by atoms with van der Waals surface area (Å²) in [4.78, 5) is 0. The highest BCUT2D eigenvalue weighted by atomic mass is 79.9. The Morgan fingerprint density at radius 2 is 1.90 bits per heavy atom. The van der Waals surface area contributed by atoms with Crippen LogP contribution >= 0.6 is 39.1 Å². The molecule has 1 aromatic heterocycles. The predicted octanol–water partition coefficient (Wildman–Crippen LogP) is 4.94. The van der Waals surface area contributed by atoms with E-state index in [1.807, 2.05) is 11.7 Å². The molecular weight excluding hydrogens is 359 g/mol. The maximum absolute atomic E-state index is 6.37. The standard InChI is InChI=1S/C15H23BrCl2N2/c1-3-12-14(16)13(20(2)19-12)8-15(9-17,10-18)11-6-4-5-7-11/h11H,3-10H2,1-2H3. The van der Waals surface area contributed by atoms with Gasteiger partial charge in [0.05, 0.1) is 15.9 Å². The Hall–Kier alpha value is 0.270. The van der Waals surface area contributed by atoms with Crippen molar-refractivity contribution in [3.63, 3.8) is 0 Å². The second-order valence-electron chi connectivity index (χ2n) is 5.97. The van der Waals surface area contributed by atoms with Gasteiger partial charge in [-0.25, -0.2) is 0 Å². The minimum Gasteiger partial charge on any atom is -0.271 e. The van der Waals surface area contributed by atoms with Crippen LogP contribution in [0.15, 0.2) is 4.47 Å². The van der Waals surface area contributed by atoms with E-state index < -0.39 is 0 Å². The fourth-order valence-corrected chi connectivity index (χ4v) is 5.04. The minimum atomic E-state index is 0.000928. The molecule has 0 radical (unpaired) electrons. The van der Waals surface area contributed by atoms with E-state index in [1.54, 1.807) is 0 Å². The first-order chi connectivity index (χ1) is 9.57. The Morgan fingerprint density at radius 1 is 1.30 bits per heavy atom. The molecule has 0 unspecified atom stereocenters. The summed E-state index contributed by atoms with van der Waals surface area (Å²) in [7, 11) is 2.02. The highest BCUT2D eigenvalue weighted by Crippen LogP contribution is 2.45. The fraction of sp³-hybridized carbons (Fsp3) is 0.800. The molecule has 1 aromatic rings.